The Balaban J connectivity index is 2.59. The van der Waals surface area contributed by atoms with Gasteiger partial charge in [0.25, 0.3) is 0 Å². The number of nitrogens with zero attached hydrogens (tertiary/aromatic N) is 3. The molecular weight excluding hydrogens is 158 g/mol. The third-order valence-corrected chi connectivity index (χ3v) is 1.11. The van der Waals surface area contributed by atoms with Crippen LogP contribution in [0.25, 0.3) is 0 Å². The second kappa shape index (κ2) is 3.66. The highest BCUT2D eigenvalue weighted by Crippen LogP contribution is 2.02. The van der Waals surface area contributed by atoms with Gasteiger partial charge in [0.1, 0.15) is 6.33 Å². The number of aromatic nitrogens is 2. The lowest BCUT2D eigenvalue weighted by Gasteiger charge is -2.08. The Bertz CT molecular complexity index is 261. The van der Waals surface area contributed by atoms with Crippen LogP contribution in [0.1, 0.15) is 0 Å². The number of amides is 1. The van der Waals surface area contributed by atoms with E-state index in [2.05, 4.69) is 9.97 Å². The first kappa shape index (κ1) is 8.45. The van der Waals surface area contributed by atoms with Crippen LogP contribution in [0.3, 0.4) is 0 Å². The van der Waals surface area contributed by atoms with E-state index in [9.17, 15) is 4.79 Å². The summed E-state index contributed by atoms with van der Waals surface area (Å²) < 4.78 is 4.81. The molecule has 0 saturated heterocycles. The molecular formula is C7H9N3O2. The molecule has 0 N–H and O–H groups in total. The fourth-order valence-electron chi connectivity index (χ4n) is 0.520. The highest BCUT2D eigenvalue weighted by Gasteiger charge is 2.05. The Hall–Kier alpha value is -1.65. The van der Waals surface area contributed by atoms with Crippen molar-refractivity contribution in [2.45, 2.75) is 0 Å². The smallest absolute Gasteiger partial charge is 0.391 e. The summed E-state index contributed by atoms with van der Waals surface area (Å²) in [5.41, 5.74) is 0. The van der Waals surface area contributed by atoms with Gasteiger partial charge in [-0.2, -0.15) is 0 Å². The molecule has 0 fully saturated rings. The topological polar surface area (TPSA) is 55.3 Å². The van der Waals surface area contributed by atoms with Crippen LogP contribution in [-0.4, -0.2) is 35.1 Å². The lowest BCUT2D eigenvalue weighted by atomic mass is 10.6. The first-order valence-corrected chi connectivity index (χ1v) is 3.35. The summed E-state index contributed by atoms with van der Waals surface area (Å²) in [6.07, 6.45) is 2.37. The maximum atomic E-state index is 11.0. The maximum Gasteiger partial charge on any atom is 0.416 e. The molecule has 0 unspecified atom stereocenters. The van der Waals surface area contributed by atoms with Crippen molar-refractivity contribution in [3.63, 3.8) is 0 Å². The molecule has 5 nitrogen and oxygen atoms in total. The molecule has 0 spiro atoms. The minimum absolute atomic E-state index is 0.253. The van der Waals surface area contributed by atoms with Gasteiger partial charge in [0.15, 0.2) is 0 Å². The summed E-state index contributed by atoms with van der Waals surface area (Å²) in [4.78, 5) is 19.7. The molecule has 0 bridgehead atoms. The highest BCUT2D eigenvalue weighted by atomic mass is 16.6. The Kier molecular flexibility index (Phi) is 2.57. The number of carbonyl (C=O) groups excluding carboxylic acids is 1. The van der Waals surface area contributed by atoms with Crippen LogP contribution in [-0.2, 0) is 0 Å². The lowest BCUT2D eigenvalue weighted by molar-refractivity contribution is 0.170. The second-order valence-electron chi connectivity index (χ2n) is 2.31. The van der Waals surface area contributed by atoms with E-state index in [1.807, 2.05) is 0 Å². The van der Waals surface area contributed by atoms with Crippen LogP contribution in [0.4, 0.5) is 4.79 Å². The minimum atomic E-state index is -0.450. The molecule has 1 amide bonds. The molecule has 1 aromatic rings. The Labute approximate surface area is 70.0 Å². The molecule has 1 rings (SSSR count). The van der Waals surface area contributed by atoms with Crippen LogP contribution in [0.5, 0.6) is 5.88 Å². The SMILES string of the molecule is CN(C)C(=O)Oc1ccncn1. The summed E-state index contributed by atoms with van der Waals surface area (Å²) in [6.45, 7) is 0. The molecule has 0 aromatic carbocycles. The minimum Gasteiger partial charge on any atom is -0.391 e. The number of carbonyl (C=O) groups is 1. The summed E-state index contributed by atoms with van der Waals surface area (Å²) in [5.74, 6) is 0.253. The van der Waals surface area contributed by atoms with Gasteiger partial charge in [-0.1, -0.05) is 0 Å². The fraction of sp³-hybridized carbons (Fsp3) is 0.286. The quantitative estimate of drug-likeness (QED) is 0.612. The first-order valence-electron chi connectivity index (χ1n) is 3.35. The number of hydrogen-bond donors (Lipinski definition) is 0. The van der Waals surface area contributed by atoms with E-state index >= 15 is 0 Å². The summed E-state index contributed by atoms with van der Waals surface area (Å²) in [5, 5.41) is 0. The summed E-state index contributed by atoms with van der Waals surface area (Å²) in [6, 6.07) is 1.52. The van der Waals surface area contributed by atoms with Crippen molar-refractivity contribution < 1.29 is 9.53 Å². The van der Waals surface area contributed by atoms with Crippen LogP contribution >= 0.6 is 0 Å². The molecule has 1 heterocycles. The van der Waals surface area contributed by atoms with Gasteiger partial charge in [0.2, 0.25) is 5.88 Å². The molecule has 0 radical (unpaired) electrons. The molecule has 12 heavy (non-hydrogen) atoms. The van der Waals surface area contributed by atoms with Gasteiger partial charge in [-0.15, -0.1) is 0 Å². The average Bonchev–Trinajstić information content (AvgIpc) is 2.06. The zero-order chi connectivity index (χ0) is 8.97. The largest absolute Gasteiger partial charge is 0.416 e. The van der Waals surface area contributed by atoms with E-state index < -0.39 is 6.09 Å². The van der Waals surface area contributed by atoms with Crippen molar-refractivity contribution in [1.29, 1.82) is 0 Å². The average molecular weight is 167 g/mol. The summed E-state index contributed by atoms with van der Waals surface area (Å²) in [7, 11) is 3.20. The molecule has 1 aromatic heterocycles. The molecule has 64 valence electrons. The zero-order valence-electron chi connectivity index (χ0n) is 6.89. The Morgan fingerprint density at radius 2 is 2.33 bits per heavy atom. The van der Waals surface area contributed by atoms with E-state index in [1.165, 1.54) is 23.5 Å². The number of rotatable bonds is 1. The van der Waals surface area contributed by atoms with Crippen molar-refractivity contribution in [3.05, 3.63) is 18.6 Å². The Morgan fingerprint density at radius 1 is 1.58 bits per heavy atom. The van der Waals surface area contributed by atoms with Crippen LogP contribution in [0, 0.1) is 0 Å². The van der Waals surface area contributed by atoms with Gasteiger partial charge >= 0.3 is 6.09 Å². The first-order chi connectivity index (χ1) is 5.70. The van der Waals surface area contributed by atoms with E-state index in [0.717, 1.165) is 0 Å². The van der Waals surface area contributed by atoms with Crippen LogP contribution in [0.2, 0.25) is 0 Å². The second-order valence-corrected chi connectivity index (χ2v) is 2.31. The molecule has 0 aliphatic heterocycles. The van der Waals surface area contributed by atoms with Gasteiger partial charge in [-0.05, 0) is 0 Å². The monoisotopic (exact) mass is 167 g/mol. The zero-order valence-corrected chi connectivity index (χ0v) is 6.89. The van der Waals surface area contributed by atoms with E-state index in [-0.39, 0.29) is 5.88 Å². The van der Waals surface area contributed by atoms with Gasteiger partial charge < -0.3 is 9.64 Å². The molecule has 5 heteroatoms. The third kappa shape index (κ3) is 2.19. The lowest BCUT2D eigenvalue weighted by Crippen LogP contribution is -2.25. The standard InChI is InChI=1S/C7H9N3O2/c1-10(2)7(11)12-6-3-4-8-5-9-6/h3-5H,1-2H3. The fourth-order valence-corrected chi connectivity index (χ4v) is 0.520. The van der Waals surface area contributed by atoms with E-state index in [0.29, 0.717) is 0 Å². The van der Waals surface area contributed by atoms with Crippen molar-refractivity contribution in [2.24, 2.45) is 0 Å². The molecule has 0 atom stereocenters. The van der Waals surface area contributed by atoms with Crippen molar-refractivity contribution in [3.8, 4) is 5.88 Å². The molecule has 0 aliphatic carbocycles. The van der Waals surface area contributed by atoms with E-state index in [4.69, 9.17) is 4.74 Å². The van der Waals surface area contributed by atoms with E-state index in [1.54, 1.807) is 14.1 Å². The summed E-state index contributed by atoms with van der Waals surface area (Å²) >= 11 is 0. The maximum absolute atomic E-state index is 11.0. The van der Waals surface area contributed by atoms with Crippen molar-refractivity contribution in [2.75, 3.05) is 14.1 Å². The van der Waals surface area contributed by atoms with Gasteiger partial charge in [-0.3, -0.25) is 0 Å². The normalized spacial score (nSPS) is 9.17. The van der Waals surface area contributed by atoms with Gasteiger partial charge in [-0.25, -0.2) is 14.8 Å². The molecule has 0 saturated carbocycles. The van der Waals surface area contributed by atoms with Crippen LogP contribution in [0.15, 0.2) is 18.6 Å². The number of hydrogen-bond acceptors (Lipinski definition) is 4. The predicted octanol–water partition coefficient (Wildman–Crippen LogP) is 0.537. The highest BCUT2D eigenvalue weighted by molar-refractivity contribution is 5.69. The van der Waals surface area contributed by atoms with Crippen LogP contribution < -0.4 is 4.74 Å². The molecule has 0 aliphatic rings. The third-order valence-electron chi connectivity index (χ3n) is 1.11. The van der Waals surface area contributed by atoms with Crippen molar-refractivity contribution in [1.82, 2.24) is 14.9 Å². The van der Waals surface area contributed by atoms with Gasteiger partial charge in [0, 0.05) is 26.4 Å². The number of ether oxygens (including phenoxy) is 1. The van der Waals surface area contributed by atoms with Crippen molar-refractivity contribution >= 4 is 6.09 Å². The Morgan fingerprint density at radius 3 is 2.83 bits per heavy atom. The van der Waals surface area contributed by atoms with Gasteiger partial charge in [0.05, 0.1) is 0 Å². The predicted molar refractivity (Wildman–Crippen MR) is 41.7 cm³/mol.